The maximum Gasteiger partial charge on any atom is 0.256 e. The molecule has 1 N–H and O–H groups in total. The molecule has 0 amide bonds. The summed E-state index contributed by atoms with van der Waals surface area (Å²) >= 11 is 5.99. The number of rotatable bonds is 3. The SMILES string of the molecule is Clc1nc(NC2CC3CCC2C3)nc(-n2cccn2)n1. The molecule has 0 aromatic carbocycles. The highest BCUT2D eigenvalue weighted by atomic mass is 35.5. The van der Waals surface area contributed by atoms with Gasteiger partial charge in [0, 0.05) is 18.4 Å². The van der Waals surface area contributed by atoms with E-state index in [2.05, 4.69) is 25.4 Å². The van der Waals surface area contributed by atoms with Gasteiger partial charge in [-0.1, -0.05) is 6.42 Å². The molecule has 2 aromatic rings. The van der Waals surface area contributed by atoms with Gasteiger partial charge >= 0.3 is 0 Å². The van der Waals surface area contributed by atoms with Crippen LogP contribution in [-0.2, 0) is 0 Å². The van der Waals surface area contributed by atoms with Gasteiger partial charge < -0.3 is 5.32 Å². The van der Waals surface area contributed by atoms with Crippen molar-refractivity contribution in [2.45, 2.75) is 31.7 Å². The molecule has 2 aliphatic rings. The molecule has 2 saturated carbocycles. The van der Waals surface area contributed by atoms with Crippen LogP contribution in [0.15, 0.2) is 18.5 Å². The molecule has 3 unspecified atom stereocenters. The van der Waals surface area contributed by atoms with Crippen LogP contribution in [0.5, 0.6) is 0 Å². The monoisotopic (exact) mass is 290 g/mol. The van der Waals surface area contributed by atoms with E-state index < -0.39 is 0 Å². The lowest BCUT2D eigenvalue weighted by molar-refractivity contribution is 0.437. The maximum absolute atomic E-state index is 5.99. The van der Waals surface area contributed by atoms with Gasteiger partial charge in [-0.25, -0.2) is 4.68 Å². The molecule has 3 atom stereocenters. The number of fused-ring (bicyclic) bond motifs is 2. The van der Waals surface area contributed by atoms with Gasteiger partial charge in [-0.05, 0) is 48.8 Å². The predicted octanol–water partition coefficient (Wildman–Crippen LogP) is 2.31. The molecule has 20 heavy (non-hydrogen) atoms. The van der Waals surface area contributed by atoms with Crippen molar-refractivity contribution >= 4 is 17.5 Å². The Balaban J connectivity index is 1.59. The lowest BCUT2D eigenvalue weighted by Gasteiger charge is -2.22. The average Bonchev–Trinajstić information content (AvgIpc) is 3.16. The van der Waals surface area contributed by atoms with Crippen molar-refractivity contribution in [1.82, 2.24) is 24.7 Å². The molecule has 104 valence electrons. The standard InChI is InChI=1S/C13H15ClN6/c14-11-17-12(16-10-7-8-2-3-9(10)6-8)19-13(18-11)20-5-1-4-15-20/h1,4-5,8-10H,2-3,6-7H2,(H,16,17,18,19). The smallest absolute Gasteiger partial charge is 0.256 e. The van der Waals surface area contributed by atoms with Gasteiger partial charge in [0.15, 0.2) is 0 Å². The van der Waals surface area contributed by atoms with Crippen LogP contribution in [0, 0.1) is 11.8 Å². The molecule has 2 fully saturated rings. The molecule has 7 heteroatoms. The third kappa shape index (κ3) is 2.14. The summed E-state index contributed by atoms with van der Waals surface area (Å²) in [5.41, 5.74) is 0. The summed E-state index contributed by atoms with van der Waals surface area (Å²) in [5, 5.41) is 7.73. The van der Waals surface area contributed by atoms with E-state index in [1.807, 2.05) is 6.07 Å². The van der Waals surface area contributed by atoms with Crippen molar-refractivity contribution in [2.75, 3.05) is 5.32 Å². The molecule has 0 radical (unpaired) electrons. The number of halogens is 1. The normalized spacial score (nSPS) is 27.9. The minimum atomic E-state index is 0.191. The van der Waals surface area contributed by atoms with Gasteiger partial charge in [-0.2, -0.15) is 20.1 Å². The van der Waals surface area contributed by atoms with Crippen molar-refractivity contribution in [3.63, 3.8) is 0 Å². The lowest BCUT2D eigenvalue weighted by atomic mass is 9.95. The molecule has 2 aliphatic carbocycles. The van der Waals surface area contributed by atoms with Gasteiger partial charge in [-0.3, -0.25) is 0 Å². The molecule has 0 spiro atoms. The number of hydrogen-bond donors (Lipinski definition) is 1. The second-order valence-electron chi connectivity index (χ2n) is 5.60. The second-order valence-corrected chi connectivity index (χ2v) is 5.94. The fourth-order valence-electron chi connectivity index (χ4n) is 3.48. The van der Waals surface area contributed by atoms with Crippen LogP contribution in [0.25, 0.3) is 5.95 Å². The van der Waals surface area contributed by atoms with Gasteiger partial charge in [0.25, 0.3) is 5.95 Å². The van der Waals surface area contributed by atoms with E-state index >= 15 is 0 Å². The van der Waals surface area contributed by atoms with E-state index in [0.29, 0.717) is 17.9 Å². The zero-order valence-electron chi connectivity index (χ0n) is 10.9. The zero-order valence-corrected chi connectivity index (χ0v) is 11.7. The van der Waals surface area contributed by atoms with Gasteiger partial charge in [0.2, 0.25) is 11.2 Å². The highest BCUT2D eigenvalue weighted by molar-refractivity contribution is 6.28. The minimum Gasteiger partial charge on any atom is -0.351 e. The van der Waals surface area contributed by atoms with Gasteiger partial charge in [-0.15, -0.1) is 0 Å². The Labute approximate surface area is 121 Å². The first kappa shape index (κ1) is 12.1. The zero-order chi connectivity index (χ0) is 13.5. The summed E-state index contributed by atoms with van der Waals surface area (Å²) in [6.45, 7) is 0. The van der Waals surface area contributed by atoms with Crippen molar-refractivity contribution in [2.24, 2.45) is 11.8 Å². The molecule has 2 heterocycles. The fourth-order valence-corrected chi connectivity index (χ4v) is 3.64. The summed E-state index contributed by atoms with van der Waals surface area (Å²) in [6, 6.07) is 2.29. The third-order valence-electron chi connectivity index (χ3n) is 4.36. The lowest BCUT2D eigenvalue weighted by Crippen LogP contribution is -2.27. The van der Waals surface area contributed by atoms with Crippen molar-refractivity contribution in [1.29, 1.82) is 0 Å². The Bertz CT molecular complexity index is 613. The largest absolute Gasteiger partial charge is 0.351 e. The Hall–Kier alpha value is -1.69. The molecule has 2 aromatic heterocycles. The summed E-state index contributed by atoms with van der Waals surface area (Å²) in [6.07, 6.45) is 8.70. The average molecular weight is 291 g/mol. The van der Waals surface area contributed by atoms with Crippen LogP contribution in [0.2, 0.25) is 5.28 Å². The second kappa shape index (κ2) is 4.70. The molecule has 6 nitrogen and oxygen atoms in total. The molecular weight excluding hydrogens is 276 g/mol. The van der Waals surface area contributed by atoms with Crippen molar-refractivity contribution in [3.05, 3.63) is 23.7 Å². The van der Waals surface area contributed by atoms with Gasteiger partial charge in [0.1, 0.15) is 0 Å². The van der Waals surface area contributed by atoms with Crippen LogP contribution >= 0.6 is 11.6 Å². The van der Waals surface area contributed by atoms with E-state index in [4.69, 9.17) is 11.6 Å². The van der Waals surface area contributed by atoms with E-state index in [1.54, 1.807) is 17.1 Å². The predicted molar refractivity (Wildman–Crippen MR) is 74.8 cm³/mol. The van der Waals surface area contributed by atoms with Crippen molar-refractivity contribution in [3.8, 4) is 5.95 Å². The number of nitrogens with zero attached hydrogens (tertiary/aromatic N) is 5. The molecule has 0 aliphatic heterocycles. The molecule has 2 bridgehead atoms. The highest BCUT2D eigenvalue weighted by Gasteiger charge is 2.39. The fraction of sp³-hybridized carbons (Fsp3) is 0.538. The Kier molecular flexibility index (Phi) is 2.84. The number of aromatic nitrogens is 5. The van der Waals surface area contributed by atoms with E-state index in [0.717, 1.165) is 11.8 Å². The number of nitrogens with one attached hydrogen (secondary N) is 1. The maximum atomic E-state index is 5.99. The first-order valence-electron chi connectivity index (χ1n) is 6.96. The third-order valence-corrected chi connectivity index (χ3v) is 4.53. The minimum absolute atomic E-state index is 0.191. The van der Waals surface area contributed by atoms with Crippen LogP contribution in [-0.4, -0.2) is 30.8 Å². The van der Waals surface area contributed by atoms with Crippen molar-refractivity contribution < 1.29 is 0 Å². The van der Waals surface area contributed by atoms with E-state index in [9.17, 15) is 0 Å². The highest BCUT2D eigenvalue weighted by Crippen LogP contribution is 2.45. The first-order valence-corrected chi connectivity index (χ1v) is 7.34. The summed E-state index contributed by atoms with van der Waals surface area (Å²) in [4.78, 5) is 12.7. The van der Waals surface area contributed by atoms with Crippen LogP contribution in [0.4, 0.5) is 5.95 Å². The quantitative estimate of drug-likeness (QED) is 0.939. The first-order chi connectivity index (χ1) is 9.78. The topological polar surface area (TPSA) is 68.5 Å². The van der Waals surface area contributed by atoms with Crippen LogP contribution < -0.4 is 5.32 Å². The van der Waals surface area contributed by atoms with Gasteiger partial charge in [0.05, 0.1) is 0 Å². The molecule has 0 saturated heterocycles. The van der Waals surface area contributed by atoms with Crippen LogP contribution in [0.1, 0.15) is 25.7 Å². The number of anilines is 1. The molecule has 4 rings (SSSR count). The van der Waals surface area contributed by atoms with E-state index in [-0.39, 0.29) is 5.28 Å². The Morgan fingerprint density at radius 2 is 2.15 bits per heavy atom. The number of hydrogen-bond acceptors (Lipinski definition) is 5. The summed E-state index contributed by atoms with van der Waals surface area (Å²) in [5.74, 6) is 2.62. The summed E-state index contributed by atoms with van der Waals surface area (Å²) < 4.78 is 1.58. The summed E-state index contributed by atoms with van der Waals surface area (Å²) in [7, 11) is 0. The van der Waals surface area contributed by atoms with E-state index in [1.165, 1.54) is 25.7 Å². The molecular formula is C13H15ClN6. The Morgan fingerprint density at radius 1 is 1.20 bits per heavy atom. The van der Waals surface area contributed by atoms with Crippen LogP contribution in [0.3, 0.4) is 0 Å². The Morgan fingerprint density at radius 3 is 2.85 bits per heavy atom.